The number of guanidine groups is 1. The predicted molar refractivity (Wildman–Crippen MR) is 123 cm³/mol. The fraction of sp³-hybridized carbons (Fsp3) is 0.500. The summed E-state index contributed by atoms with van der Waals surface area (Å²) >= 11 is 0. The highest BCUT2D eigenvalue weighted by molar-refractivity contribution is 14.0. The zero-order valence-corrected chi connectivity index (χ0v) is 19.4. The van der Waals surface area contributed by atoms with Gasteiger partial charge >= 0.3 is 0 Å². The molecule has 1 fully saturated rings. The Balaban J connectivity index is 0.00000300. The van der Waals surface area contributed by atoms with E-state index in [0.29, 0.717) is 18.1 Å². The first-order valence-electron chi connectivity index (χ1n) is 9.62. The number of aromatic nitrogens is 2. The lowest BCUT2D eigenvalue weighted by atomic mass is 10.0. The fourth-order valence-electron chi connectivity index (χ4n) is 3.55. The summed E-state index contributed by atoms with van der Waals surface area (Å²) in [5, 5.41) is 11.0. The summed E-state index contributed by atoms with van der Waals surface area (Å²) in [5.41, 5.74) is 1.61. The summed E-state index contributed by atoms with van der Waals surface area (Å²) in [6.45, 7) is 4.29. The normalized spacial score (nSPS) is 18.2. The number of anilines is 1. The van der Waals surface area contributed by atoms with Gasteiger partial charge in [-0.25, -0.2) is 8.78 Å². The lowest BCUT2D eigenvalue weighted by molar-refractivity contribution is 0.467. The van der Waals surface area contributed by atoms with Gasteiger partial charge in [-0.1, -0.05) is 13.0 Å². The van der Waals surface area contributed by atoms with Gasteiger partial charge < -0.3 is 15.5 Å². The molecule has 9 heteroatoms. The third kappa shape index (κ3) is 6.28. The number of nitrogens with one attached hydrogen (secondary N) is 2. The molecule has 2 aromatic rings. The van der Waals surface area contributed by atoms with Crippen LogP contribution in [0.3, 0.4) is 0 Å². The molecular formula is C20H29F2IN6. The van der Waals surface area contributed by atoms with Crippen molar-refractivity contribution in [2.45, 2.75) is 31.7 Å². The van der Waals surface area contributed by atoms with Gasteiger partial charge in [-0.2, -0.15) is 5.10 Å². The van der Waals surface area contributed by atoms with Gasteiger partial charge in [0, 0.05) is 58.0 Å². The molecule has 29 heavy (non-hydrogen) atoms. The second kappa shape index (κ2) is 10.7. The third-order valence-corrected chi connectivity index (χ3v) is 5.11. The van der Waals surface area contributed by atoms with Crippen LogP contribution in [-0.4, -0.2) is 48.5 Å². The summed E-state index contributed by atoms with van der Waals surface area (Å²) in [7, 11) is 3.64. The number of aliphatic imine (C=N–C) groups is 1. The van der Waals surface area contributed by atoms with Crippen LogP contribution >= 0.6 is 24.0 Å². The van der Waals surface area contributed by atoms with Crippen LogP contribution in [0, 0.1) is 11.6 Å². The Kier molecular flexibility index (Phi) is 8.66. The predicted octanol–water partition coefficient (Wildman–Crippen LogP) is 3.25. The number of rotatable bonds is 5. The van der Waals surface area contributed by atoms with Crippen LogP contribution in [0.25, 0.3) is 0 Å². The monoisotopic (exact) mass is 518 g/mol. The minimum Gasteiger partial charge on any atom is -0.367 e. The number of piperidine rings is 1. The van der Waals surface area contributed by atoms with E-state index < -0.39 is 11.6 Å². The number of nitrogens with zero attached hydrogens (tertiary/aromatic N) is 4. The minimum absolute atomic E-state index is 0. The minimum atomic E-state index is -0.561. The highest BCUT2D eigenvalue weighted by Gasteiger charge is 2.22. The van der Waals surface area contributed by atoms with Gasteiger partial charge in [-0.3, -0.25) is 9.67 Å². The molecule has 2 N–H and O–H groups in total. The summed E-state index contributed by atoms with van der Waals surface area (Å²) in [6.07, 6.45) is 6.04. The van der Waals surface area contributed by atoms with Gasteiger partial charge in [0.25, 0.3) is 0 Å². The van der Waals surface area contributed by atoms with Crippen molar-refractivity contribution in [3.05, 3.63) is 47.8 Å². The van der Waals surface area contributed by atoms with E-state index in [2.05, 4.69) is 25.6 Å². The van der Waals surface area contributed by atoms with Gasteiger partial charge in [0.05, 0.1) is 11.9 Å². The van der Waals surface area contributed by atoms with Crippen LogP contribution in [0.1, 0.15) is 31.2 Å². The Morgan fingerprint density at radius 1 is 1.38 bits per heavy atom. The summed E-state index contributed by atoms with van der Waals surface area (Å²) in [5.74, 6) is -0.504. The van der Waals surface area contributed by atoms with E-state index in [1.54, 1.807) is 7.05 Å². The topological polar surface area (TPSA) is 57.5 Å². The second-order valence-electron chi connectivity index (χ2n) is 7.32. The Labute approximate surface area is 187 Å². The SMILES string of the molecule is CN=C(NCC(C)c1ccc(F)cc1F)NC1CCCN(c2cnn(C)c2)C1.I. The summed E-state index contributed by atoms with van der Waals surface area (Å²) in [4.78, 5) is 6.61. The largest absolute Gasteiger partial charge is 0.367 e. The van der Waals surface area contributed by atoms with E-state index in [1.807, 2.05) is 31.0 Å². The molecule has 3 rings (SSSR count). The molecule has 0 amide bonds. The maximum absolute atomic E-state index is 14.0. The van der Waals surface area contributed by atoms with Gasteiger partial charge in [0.15, 0.2) is 5.96 Å². The van der Waals surface area contributed by atoms with Crippen molar-refractivity contribution in [3.8, 4) is 0 Å². The number of halogens is 3. The molecule has 1 aromatic carbocycles. The van der Waals surface area contributed by atoms with Crippen LogP contribution in [0.15, 0.2) is 35.6 Å². The molecule has 1 aliphatic heterocycles. The quantitative estimate of drug-likeness (QED) is 0.363. The van der Waals surface area contributed by atoms with E-state index in [-0.39, 0.29) is 35.9 Å². The summed E-state index contributed by atoms with van der Waals surface area (Å²) in [6, 6.07) is 3.98. The highest BCUT2D eigenvalue weighted by atomic mass is 127. The van der Waals surface area contributed by atoms with E-state index in [1.165, 1.54) is 12.1 Å². The second-order valence-corrected chi connectivity index (χ2v) is 7.32. The van der Waals surface area contributed by atoms with Crippen molar-refractivity contribution in [1.29, 1.82) is 0 Å². The highest BCUT2D eigenvalue weighted by Crippen LogP contribution is 2.20. The van der Waals surface area contributed by atoms with Crippen molar-refractivity contribution in [1.82, 2.24) is 20.4 Å². The molecule has 0 saturated carbocycles. The van der Waals surface area contributed by atoms with Crippen LogP contribution in [-0.2, 0) is 7.05 Å². The Bertz CT molecular complexity index is 825. The van der Waals surface area contributed by atoms with Crippen molar-refractivity contribution in [3.63, 3.8) is 0 Å². The zero-order valence-electron chi connectivity index (χ0n) is 17.0. The molecule has 1 saturated heterocycles. The first-order valence-corrected chi connectivity index (χ1v) is 9.62. The number of hydrogen-bond acceptors (Lipinski definition) is 3. The van der Waals surface area contributed by atoms with Crippen LogP contribution in [0.4, 0.5) is 14.5 Å². The molecule has 0 spiro atoms. The molecule has 2 heterocycles. The maximum Gasteiger partial charge on any atom is 0.191 e. The molecular weight excluding hydrogens is 489 g/mol. The van der Waals surface area contributed by atoms with Gasteiger partial charge in [-0.15, -0.1) is 24.0 Å². The van der Waals surface area contributed by atoms with E-state index >= 15 is 0 Å². The van der Waals surface area contributed by atoms with Crippen molar-refractivity contribution < 1.29 is 8.78 Å². The molecule has 1 aromatic heterocycles. The molecule has 160 valence electrons. The van der Waals surface area contributed by atoms with Crippen molar-refractivity contribution >= 4 is 35.6 Å². The Morgan fingerprint density at radius 2 is 2.17 bits per heavy atom. The average Bonchev–Trinajstić information content (AvgIpc) is 3.11. The third-order valence-electron chi connectivity index (χ3n) is 5.11. The first-order chi connectivity index (χ1) is 13.5. The van der Waals surface area contributed by atoms with Crippen molar-refractivity contribution in [2.75, 3.05) is 31.6 Å². The molecule has 1 aliphatic rings. The van der Waals surface area contributed by atoms with Gasteiger partial charge in [0.2, 0.25) is 0 Å². The molecule has 0 aliphatic carbocycles. The first kappa shape index (κ1) is 23.4. The smallest absolute Gasteiger partial charge is 0.191 e. The molecule has 6 nitrogen and oxygen atoms in total. The Hall–Kier alpha value is -1.91. The van der Waals surface area contributed by atoms with Crippen LogP contribution in [0.5, 0.6) is 0 Å². The standard InChI is InChI=1S/C20H28F2N6.HI/c1-14(18-7-6-15(21)9-19(18)22)10-24-20(23-2)26-16-5-4-8-28(12-16)17-11-25-27(3)13-17;/h6-7,9,11,13-14,16H,4-5,8,10,12H2,1-3H3,(H2,23,24,26);1H. The number of hydrogen-bond donors (Lipinski definition) is 2. The fourth-order valence-corrected chi connectivity index (χ4v) is 3.55. The zero-order chi connectivity index (χ0) is 20.1. The van der Waals surface area contributed by atoms with E-state index in [9.17, 15) is 8.78 Å². The van der Waals surface area contributed by atoms with Crippen LogP contribution < -0.4 is 15.5 Å². The molecule has 0 bridgehead atoms. The number of aryl methyl sites for hydroxylation is 1. The average molecular weight is 518 g/mol. The van der Waals surface area contributed by atoms with Gasteiger partial charge in [-0.05, 0) is 24.5 Å². The maximum atomic E-state index is 14.0. The Morgan fingerprint density at radius 3 is 2.83 bits per heavy atom. The van der Waals surface area contributed by atoms with E-state index in [4.69, 9.17) is 0 Å². The lowest BCUT2D eigenvalue weighted by Gasteiger charge is -2.34. The van der Waals surface area contributed by atoms with E-state index in [0.717, 1.165) is 37.7 Å². The summed E-state index contributed by atoms with van der Waals surface area (Å²) < 4.78 is 28.9. The molecule has 2 unspecified atom stereocenters. The van der Waals surface area contributed by atoms with Gasteiger partial charge in [0.1, 0.15) is 11.6 Å². The number of benzene rings is 1. The van der Waals surface area contributed by atoms with Crippen LogP contribution in [0.2, 0.25) is 0 Å². The lowest BCUT2D eigenvalue weighted by Crippen LogP contribution is -2.51. The van der Waals surface area contributed by atoms with Crippen molar-refractivity contribution in [2.24, 2.45) is 12.0 Å². The molecule has 2 atom stereocenters. The molecule has 0 radical (unpaired) electrons.